The number of nitrogens with two attached hydrogens (primary N) is 1. The summed E-state index contributed by atoms with van der Waals surface area (Å²) in [7, 11) is 5.49. The molecule has 6 heteroatoms. The van der Waals surface area contributed by atoms with E-state index in [4.69, 9.17) is 39.0 Å². The van der Waals surface area contributed by atoms with Crippen molar-refractivity contribution < 1.29 is 9.47 Å². The van der Waals surface area contributed by atoms with Crippen LogP contribution in [0.1, 0.15) is 5.56 Å². The monoisotopic (exact) mass is 288 g/mol. The van der Waals surface area contributed by atoms with Gasteiger partial charge in [-0.25, -0.2) is 0 Å². The van der Waals surface area contributed by atoms with E-state index in [2.05, 4.69) is 0 Å². The third kappa shape index (κ3) is 4.01. The summed E-state index contributed by atoms with van der Waals surface area (Å²) < 4.78 is 10.9. The van der Waals surface area contributed by atoms with Crippen LogP contribution < -0.4 is 15.2 Å². The highest BCUT2D eigenvalue weighted by atomic mass is 35.5. The van der Waals surface area contributed by atoms with E-state index < -0.39 is 0 Å². The summed E-state index contributed by atoms with van der Waals surface area (Å²) in [5.74, 6) is 1.05. The number of hydrogen-bond acceptors (Lipinski definition) is 4. The normalized spacial score (nSPS) is 10.5. The lowest BCUT2D eigenvalue weighted by atomic mass is 10.2. The van der Waals surface area contributed by atoms with Crippen LogP contribution in [0.15, 0.2) is 12.1 Å². The molecular weight excluding hydrogens is 272 g/mol. The molecule has 0 atom stereocenters. The second kappa shape index (κ2) is 6.78. The summed E-state index contributed by atoms with van der Waals surface area (Å²) in [5.41, 5.74) is 6.23. The van der Waals surface area contributed by atoms with Crippen LogP contribution in [0, 0.1) is 0 Å². The van der Waals surface area contributed by atoms with E-state index in [-0.39, 0.29) is 4.99 Å². The van der Waals surface area contributed by atoms with Gasteiger partial charge in [0.2, 0.25) is 0 Å². The minimum absolute atomic E-state index is 0.273. The molecule has 0 spiro atoms. The smallest absolute Gasteiger partial charge is 0.179 e. The van der Waals surface area contributed by atoms with Crippen molar-refractivity contribution in [1.82, 2.24) is 4.90 Å². The van der Waals surface area contributed by atoms with Gasteiger partial charge in [0.25, 0.3) is 0 Å². The van der Waals surface area contributed by atoms with Crippen molar-refractivity contribution in [3.05, 3.63) is 22.7 Å². The average molecular weight is 289 g/mol. The molecule has 0 aliphatic carbocycles. The van der Waals surface area contributed by atoms with Crippen molar-refractivity contribution in [3.8, 4) is 11.5 Å². The second-order valence-electron chi connectivity index (χ2n) is 4.01. The zero-order valence-electron chi connectivity index (χ0n) is 10.7. The number of methoxy groups -OCH3 is 1. The van der Waals surface area contributed by atoms with Gasteiger partial charge in [-0.1, -0.05) is 23.8 Å². The van der Waals surface area contributed by atoms with Crippen LogP contribution in [0.4, 0.5) is 0 Å². The standard InChI is InChI=1S/C12H17ClN2O2S/c1-15(2)4-5-17-11-9(13)6-8(12(14)18)7-10(11)16-3/h6-7H,4-5H2,1-3H3,(H2,14,18). The Hall–Kier alpha value is -1.04. The SMILES string of the molecule is COc1cc(C(N)=S)cc(Cl)c1OCCN(C)C. The Morgan fingerprint density at radius 3 is 2.61 bits per heavy atom. The highest BCUT2D eigenvalue weighted by Gasteiger charge is 2.13. The summed E-state index contributed by atoms with van der Waals surface area (Å²) >= 11 is 11.0. The fraction of sp³-hybridized carbons (Fsp3) is 0.417. The summed E-state index contributed by atoms with van der Waals surface area (Å²) in [6.07, 6.45) is 0. The topological polar surface area (TPSA) is 47.7 Å². The van der Waals surface area contributed by atoms with Gasteiger partial charge in [0.05, 0.1) is 12.1 Å². The molecule has 1 aromatic rings. The first-order chi connectivity index (χ1) is 8.45. The summed E-state index contributed by atoms with van der Waals surface area (Å²) in [6.45, 7) is 1.31. The Labute approximate surface area is 118 Å². The zero-order chi connectivity index (χ0) is 13.7. The van der Waals surface area contributed by atoms with Gasteiger partial charge in [-0.3, -0.25) is 0 Å². The second-order valence-corrected chi connectivity index (χ2v) is 4.85. The zero-order valence-corrected chi connectivity index (χ0v) is 12.3. The van der Waals surface area contributed by atoms with E-state index in [1.807, 2.05) is 19.0 Å². The predicted octanol–water partition coefficient (Wildman–Crippen LogP) is 1.92. The number of nitrogens with zero attached hydrogens (tertiary/aromatic N) is 1. The molecule has 100 valence electrons. The number of halogens is 1. The lowest BCUT2D eigenvalue weighted by Gasteiger charge is -2.15. The minimum Gasteiger partial charge on any atom is -0.493 e. The van der Waals surface area contributed by atoms with Crippen molar-refractivity contribution in [2.45, 2.75) is 0 Å². The maximum atomic E-state index is 6.14. The van der Waals surface area contributed by atoms with Gasteiger partial charge < -0.3 is 20.1 Å². The van der Waals surface area contributed by atoms with Gasteiger partial charge in [-0.15, -0.1) is 0 Å². The van der Waals surface area contributed by atoms with Crippen molar-refractivity contribution in [1.29, 1.82) is 0 Å². The van der Waals surface area contributed by atoms with Crippen LogP contribution in [0.3, 0.4) is 0 Å². The first-order valence-electron chi connectivity index (χ1n) is 5.40. The van der Waals surface area contributed by atoms with Crippen LogP contribution in [-0.4, -0.2) is 44.2 Å². The van der Waals surface area contributed by atoms with Gasteiger partial charge in [-0.05, 0) is 26.2 Å². The molecule has 2 N–H and O–H groups in total. The molecule has 0 unspecified atom stereocenters. The molecular formula is C12H17ClN2O2S. The van der Waals surface area contributed by atoms with Crippen LogP contribution in [-0.2, 0) is 0 Å². The number of thiocarbonyl (C=S) groups is 1. The maximum absolute atomic E-state index is 6.14. The molecule has 0 saturated heterocycles. The largest absolute Gasteiger partial charge is 0.493 e. The lowest BCUT2D eigenvalue weighted by Crippen LogP contribution is -2.19. The Kier molecular flexibility index (Phi) is 5.65. The van der Waals surface area contributed by atoms with Gasteiger partial charge in [0, 0.05) is 12.1 Å². The molecule has 0 heterocycles. The molecule has 0 aliphatic rings. The highest BCUT2D eigenvalue weighted by Crippen LogP contribution is 2.36. The quantitative estimate of drug-likeness (QED) is 0.811. The van der Waals surface area contributed by atoms with Crippen molar-refractivity contribution in [3.63, 3.8) is 0 Å². The molecule has 1 aromatic carbocycles. The van der Waals surface area contributed by atoms with Gasteiger partial charge >= 0.3 is 0 Å². The average Bonchev–Trinajstić information content (AvgIpc) is 2.29. The van der Waals surface area contributed by atoms with Gasteiger partial charge in [0.15, 0.2) is 11.5 Å². The molecule has 0 fully saturated rings. The Morgan fingerprint density at radius 2 is 2.11 bits per heavy atom. The molecule has 0 radical (unpaired) electrons. The van der Waals surface area contributed by atoms with Crippen molar-refractivity contribution >= 4 is 28.8 Å². The third-order valence-corrected chi connectivity index (χ3v) is 2.82. The first kappa shape index (κ1) is 15.0. The maximum Gasteiger partial charge on any atom is 0.179 e. The van der Waals surface area contributed by atoms with Crippen LogP contribution >= 0.6 is 23.8 Å². The first-order valence-corrected chi connectivity index (χ1v) is 6.19. The number of rotatable bonds is 6. The van der Waals surface area contributed by atoms with Crippen molar-refractivity contribution in [2.24, 2.45) is 5.73 Å². The van der Waals surface area contributed by atoms with Crippen LogP contribution in [0.2, 0.25) is 5.02 Å². The molecule has 18 heavy (non-hydrogen) atoms. The Bertz CT molecular complexity index is 438. The van der Waals surface area contributed by atoms with E-state index in [1.165, 1.54) is 0 Å². The Balaban J connectivity index is 2.93. The molecule has 4 nitrogen and oxygen atoms in total. The predicted molar refractivity (Wildman–Crippen MR) is 77.9 cm³/mol. The fourth-order valence-corrected chi connectivity index (χ4v) is 1.72. The molecule has 0 amide bonds. The number of hydrogen-bond donors (Lipinski definition) is 1. The summed E-state index contributed by atoms with van der Waals surface area (Å²) in [5, 5.41) is 0.441. The minimum atomic E-state index is 0.273. The van der Waals surface area contributed by atoms with E-state index in [0.29, 0.717) is 28.7 Å². The number of ether oxygens (including phenoxy) is 2. The lowest BCUT2D eigenvalue weighted by molar-refractivity contribution is 0.251. The van der Waals surface area contributed by atoms with Crippen molar-refractivity contribution in [2.75, 3.05) is 34.4 Å². The van der Waals surface area contributed by atoms with E-state index in [9.17, 15) is 0 Å². The third-order valence-electron chi connectivity index (χ3n) is 2.30. The Morgan fingerprint density at radius 1 is 1.44 bits per heavy atom. The number of benzene rings is 1. The van der Waals surface area contributed by atoms with Crippen LogP contribution in [0.5, 0.6) is 11.5 Å². The van der Waals surface area contributed by atoms with E-state index in [1.54, 1.807) is 19.2 Å². The summed E-state index contributed by atoms with van der Waals surface area (Å²) in [4.78, 5) is 2.29. The molecule has 1 rings (SSSR count). The van der Waals surface area contributed by atoms with E-state index >= 15 is 0 Å². The van der Waals surface area contributed by atoms with Gasteiger partial charge in [0.1, 0.15) is 11.6 Å². The molecule has 0 aromatic heterocycles. The highest BCUT2D eigenvalue weighted by molar-refractivity contribution is 7.80. The van der Waals surface area contributed by atoms with Crippen LogP contribution in [0.25, 0.3) is 0 Å². The van der Waals surface area contributed by atoms with E-state index in [0.717, 1.165) is 6.54 Å². The summed E-state index contributed by atoms with van der Waals surface area (Å²) in [6, 6.07) is 3.40. The fourth-order valence-electron chi connectivity index (χ4n) is 1.33. The van der Waals surface area contributed by atoms with Gasteiger partial charge in [-0.2, -0.15) is 0 Å². The molecule has 0 bridgehead atoms. The molecule has 0 saturated carbocycles. The molecule has 0 aliphatic heterocycles. The number of likely N-dealkylation sites (N-methyl/N-ethyl adjacent to an activating group) is 1.